The zero-order chi connectivity index (χ0) is 16.0. The molecule has 0 saturated carbocycles. The maximum atomic E-state index is 11.9. The quantitative estimate of drug-likeness (QED) is 0.811. The minimum atomic E-state index is -0.971. The molecule has 114 valence electrons. The van der Waals surface area contributed by atoms with Gasteiger partial charge in [-0.25, -0.2) is 4.79 Å². The highest BCUT2D eigenvalue weighted by Gasteiger charge is 2.14. The Morgan fingerprint density at radius 2 is 1.90 bits per heavy atom. The lowest BCUT2D eigenvalue weighted by Crippen LogP contribution is -2.39. The molecule has 8 nitrogen and oxygen atoms in total. The van der Waals surface area contributed by atoms with Gasteiger partial charge in [-0.2, -0.15) is 0 Å². The highest BCUT2D eigenvalue weighted by Crippen LogP contribution is 2.07. The third-order valence-electron chi connectivity index (χ3n) is 2.63. The fraction of sp³-hybridized carbons (Fsp3) is 0.385. The van der Waals surface area contributed by atoms with Gasteiger partial charge in [0, 0.05) is 21.1 Å². The van der Waals surface area contributed by atoms with Crippen LogP contribution >= 0.6 is 0 Å². The summed E-state index contributed by atoms with van der Waals surface area (Å²) in [7, 11) is 4.72. The molecule has 1 rings (SSSR count). The Labute approximate surface area is 122 Å². The third-order valence-corrected chi connectivity index (χ3v) is 2.63. The Balaban J connectivity index is 2.58. The Morgan fingerprint density at radius 3 is 2.38 bits per heavy atom. The summed E-state index contributed by atoms with van der Waals surface area (Å²) < 4.78 is 0. The Morgan fingerprint density at radius 1 is 1.24 bits per heavy atom. The summed E-state index contributed by atoms with van der Waals surface area (Å²) in [5.41, 5.74) is 0.829. The molecule has 0 fully saturated rings. The molecule has 0 aliphatic heterocycles. The second-order valence-electron chi connectivity index (χ2n) is 4.68. The van der Waals surface area contributed by atoms with E-state index >= 15 is 0 Å². The molecule has 0 bridgehead atoms. The normalized spacial score (nSPS) is 9.86. The molecule has 0 saturated heterocycles. The van der Waals surface area contributed by atoms with Crippen molar-refractivity contribution < 1.29 is 19.5 Å². The predicted molar refractivity (Wildman–Crippen MR) is 75.9 cm³/mol. The van der Waals surface area contributed by atoms with Crippen LogP contribution < -0.4 is 5.32 Å². The Hall–Kier alpha value is -2.64. The second-order valence-corrected chi connectivity index (χ2v) is 4.68. The van der Waals surface area contributed by atoms with Crippen molar-refractivity contribution in [2.24, 2.45) is 0 Å². The topological polar surface area (TPSA) is 103 Å². The fourth-order valence-electron chi connectivity index (χ4n) is 1.39. The van der Waals surface area contributed by atoms with Crippen LogP contribution in [-0.2, 0) is 16.0 Å². The van der Waals surface area contributed by atoms with E-state index in [1.165, 1.54) is 29.1 Å². The number of hydrogen-bond acceptors (Lipinski definition) is 4. The van der Waals surface area contributed by atoms with Crippen molar-refractivity contribution in [3.63, 3.8) is 0 Å². The first kappa shape index (κ1) is 16.4. The lowest BCUT2D eigenvalue weighted by atomic mass is 10.2. The highest BCUT2D eigenvalue weighted by atomic mass is 16.4. The molecule has 3 amide bonds. The number of carboxylic acid groups (broad SMARTS) is 1. The van der Waals surface area contributed by atoms with Crippen LogP contribution in [0.5, 0.6) is 0 Å². The molecular formula is C13H18N4O4. The van der Waals surface area contributed by atoms with E-state index in [4.69, 9.17) is 5.11 Å². The highest BCUT2D eigenvalue weighted by molar-refractivity contribution is 5.91. The van der Waals surface area contributed by atoms with Gasteiger partial charge >= 0.3 is 12.0 Å². The zero-order valence-corrected chi connectivity index (χ0v) is 12.2. The molecule has 21 heavy (non-hydrogen) atoms. The van der Waals surface area contributed by atoms with Gasteiger partial charge in [0.2, 0.25) is 5.91 Å². The van der Waals surface area contributed by atoms with Gasteiger partial charge in [-0.1, -0.05) is 0 Å². The van der Waals surface area contributed by atoms with Crippen molar-refractivity contribution >= 4 is 23.6 Å². The molecule has 8 heteroatoms. The number of carboxylic acids is 1. The van der Waals surface area contributed by atoms with Gasteiger partial charge in [0.15, 0.2) is 0 Å². The summed E-state index contributed by atoms with van der Waals surface area (Å²) >= 11 is 0. The predicted octanol–water partition coefficient (Wildman–Crippen LogP) is 0.261. The summed E-state index contributed by atoms with van der Waals surface area (Å²) in [6, 6.07) is 2.64. The Bertz CT molecular complexity index is 527. The molecule has 1 aromatic rings. The molecule has 0 atom stereocenters. The van der Waals surface area contributed by atoms with Gasteiger partial charge in [-0.3, -0.25) is 14.6 Å². The first-order valence-electron chi connectivity index (χ1n) is 6.18. The lowest BCUT2D eigenvalue weighted by molar-refractivity contribution is -0.136. The van der Waals surface area contributed by atoms with Crippen LogP contribution in [0.25, 0.3) is 0 Å². The van der Waals surface area contributed by atoms with E-state index in [9.17, 15) is 14.4 Å². The minimum Gasteiger partial charge on any atom is -0.481 e. The van der Waals surface area contributed by atoms with E-state index in [-0.39, 0.29) is 18.9 Å². The van der Waals surface area contributed by atoms with E-state index in [2.05, 4.69) is 10.3 Å². The maximum Gasteiger partial charge on any atom is 0.322 e. The number of anilines is 1. The first-order valence-corrected chi connectivity index (χ1v) is 6.18. The van der Waals surface area contributed by atoms with Crippen molar-refractivity contribution in [2.45, 2.75) is 6.42 Å². The number of pyridine rings is 1. The number of aliphatic carboxylic acids is 1. The molecule has 0 aromatic carbocycles. The van der Waals surface area contributed by atoms with Gasteiger partial charge in [0.05, 0.1) is 24.0 Å². The van der Waals surface area contributed by atoms with Crippen LogP contribution in [-0.4, -0.2) is 65.5 Å². The summed E-state index contributed by atoms with van der Waals surface area (Å²) in [6.45, 7) is -0.0383. The molecular weight excluding hydrogens is 276 g/mol. The number of hydrogen-bond donors (Lipinski definition) is 2. The molecule has 0 aliphatic carbocycles. The number of carbonyl (C=O) groups excluding carboxylic acids is 2. The number of nitrogens with one attached hydrogen (secondary N) is 1. The largest absolute Gasteiger partial charge is 0.481 e. The summed E-state index contributed by atoms with van der Waals surface area (Å²) in [4.78, 5) is 40.4. The standard InChI is InChI=1S/C13H18N4O4/c1-16(2)11(18)8-17(3)13(21)15-10-5-4-9(14-7-10)6-12(19)20/h4-5,7H,6,8H2,1-3H3,(H,15,21)(H,19,20). The number of likely N-dealkylation sites (N-methyl/N-ethyl adjacent to an activating group) is 2. The van der Waals surface area contributed by atoms with Gasteiger partial charge in [-0.15, -0.1) is 0 Å². The third kappa shape index (κ3) is 5.47. The van der Waals surface area contributed by atoms with E-state index in [1.807, 2.05) is 0 Å². The average molecular weight is 294 g/mol. The number of nitrogens with zero attached hydrogens (tertiary/aromatic N) is 3. The fourth-order valence-corrected chi connectivity index (χ4v) is 1.39. The molecule has 2 N–H and O–H groups in total. The van der Waals surface area contributed by atoms with Gasteiger partial charge in [-0.05, 0) is 12.1 Å². The molecule has 0 radical (unpaired) electrons. The van der Waals surface area contributed by atoms with E-state index in [0.717, 1.165) is 0 Å². The molecule has 0 unspecified atom stereocenters. The van der Waals surface area contributed by atoms with E-state index in [0.29, 0.717) is 11.4 Å². The summed E-state index contributed by atoms with van der Waals surface area (Å²) in [6.07, 6.45) is 1.20. The summed E-state index contributed by atoms with van der Waals surface area (Å²) in [5.74, 6) is -1.16. The van der Waals surface area contributed by atoms with Crippen LogP contribution in [0.3, 0.4) is 0 Å². The minimum absolute atomic E-state index is 0.0383. The number of amides is 3. The van der Waals surface area contributed by atoms with Crippen molar-refractivity contribution in [1.29, 1.82) is 0 Å². The molecule has 0 aliphatic rings. The van der Waals surface area contributed by atoms with E-state index < -0.39 is 12.0 Å². The zero-order valence-electron chi connectivity index (χ0n) is 12.2. The number of aromatic nitrogens is 1. The van der Waals surface area contributed by atoms with Crippen molar-refractivity contribution in [3.05, 3.63) is 24.0 Å². The maximum absolute atomic E-state index is 11.9. The lowest BCUT2D eigenvalue weighted by Gasteiger charge is -2.19. The smallest absolute Gasteiger partial charge is 0.322 e. The molecule has 1 aromatic heterocycles. The van der Waals surface area contributed by atoms with E-state index in [1.54, 1.807) is 20.2 Å². The number of carbonyl (C=O) groups is 3. The van der Waals surface area contributed by atoms with Crippen molar-refractivity contribution in [3.8, 4) is 0 Å². The second kappa shape index (κ2) is 7.22. The first-order chi connectivity index (χ1) is 9.79. The van der Waals surface area contributed by atoms with Gasteiger partial charge in [0.25, 0.3) is 0 Å². The van der Waals surface area contributed by atoms with Crippen molar-refractivity contribution in [1.82, 2.24) is 14.8 Å². The van der Waals surface area contributed by atoms with Gasteiger partial charge in [0.1, 0.15) is 6.54 Å². The van der Waals surface area contributed by atoms with Gasteiger partial charge < -0.3 is 20.2 Å². The molecule has 1 heterocycles. The number of urea groups is 1. The average Bonchev–Trinajstić information content (AvgIpc) is 2.40. The Kier molecular flexibility index (Phi) is 5.65. The van der Waals surface area contributed by atoms with Crippen LogP contribution in [0.1, 0.15) is 5.69 Å². The van der Waals surface area contributed by atoms with Crippen LogP contribution in [0.15, 0.2) is 18.3 Å². The number of rotatable bonds is 5. The summed E-state index contributed by atoms with van der Waals surface area (Å²) in [5, 5.41) is 11.2. The SMILES string of the molecule is CN(C)C(=O)CN(C)C(=O)Nc1ccc(CC(=O)O)nc1. The van der Waals surface area contributed by atoms with Crippen LogP contribution in [0, 0.1) is 0 Å². The molecule has 0 spiro atoms. The monoisotopic (exact) mass is 294 g/mol. The van der Waals surface area contributed by atoms with Crippen molar-refractivity contribution in [2.75, 3.05) is 33.0 Å². The van der Waals surface area contributed by atoms with Crippen LogP contribution in [0.2, 0.25) is 0 Å². The van der Waals surface area contributed by atoms with Crippen LogP contribution in [0.4, 0.5) is 10.5 Å².